The van der Waals surface area contributed by atoms with E-state index in [9.17, 15) is 19.8 Å². The number of aryl methyl sites for hydroxylation is 1. The van der Waals surface area contributed by atoms with Crippen LogP contribution in [0.2, 0.25) is 0 Å². The van der Waals surface area contributed by atoms with Gasteiger partial charge in [-0.2, -0.15) is 0 Å². The van der Waals surface area contributed by atoms with E-state index in [4.69, 9.17) is 5.11 Å². The van der Waals surface area contributed by atoms with Gasteiger partial charge in [-0.3, -0.25) is 4.90 Å². The van der Waals surface area contributed by atoms with Crippen LogP contribution in [-0.4, -0.2) is 46.0 Å². The second kappa shape index (κ2) is 6.94. The van der Waals surface area contributed by atoms with Gasteiger partial charge in [-0.05, 0) is 32.4 Å². The molecule has 116 valence electrons. The van der Waals surface area contributed by atoms with Gasteiger partial charge in [-0.15, -0.1) is 0 Å². The van der Waals surface area contributed by atoms with Crippen molar-refractivity contribution in [2.75, 3.05) is 11.4 Å². The number of carboxylic acids is 1. The summed E-state index contributed by atoms with van der Waals surface area (Å²) in [5.41, 5.74) is 1.23. The molecule has 0 spiro atoms. The van der Waals surface area contributed by atoms with Gasteiger partial charge in [0.15, 0.2) is 6.04 Å². The van der Waals surface area contributed by atoms with Gasteiger partial charge in [0.25, 0.3) is 0 Å². The van der Waals surface area contributed by atoms with E-state index in [1.54, 1.807) is 19.9 Å². The smallest absolute Gasteiger partial charge is 0.328 e. The Morgan fingerprint density at radius 1 is 1.38 bits per heavy atom. The monoisotopic (exact) mass is 296 g/mol. The normalized spacial score (nSPS) is 13.3. The Morgan fingerprint density at radius 3 is 2.48 bits per heavy atom. The lowest BCUT2D eigenvalue weighted by Gasteiger charge is -2.26. The summed E-state index contributed by atoms with van der Waals surface area (Å²) in [5, 5.41) is 30.2. The number of amides is 2. The molecule has 0 aliphatic carbocycles. The van der Waals surface area contributed by atoms with Gasteiger partial charge < -0.3 is 20.6 Å². The third-order valence-corrected chi connectivity index (χ3v) is 3.07. The van der Waals surface area contributed by atoms with Gasteiger partial charge in [-0.1, -0.05) is 6.07 Å². The SMILES string of the molecule is CCN(C(=O)NC(C(=O)O)C(C)O)c1cc(O)ccc1C. The number of benzene rings is 1. The Bertz CT molecular complexity index is 530. The third kappa shape index (κ3) is 4.09. The molecule has 2 atom stereocenters. The van der Waals surface area contributed by atoms with E-state index in [-0.39, 0.29) is 12.3 Å². The van der Waals surface area contributed by atoms with Crippen molar-refractivity contribution in [1.29, 1.82) is 0 Å². The molecule has 0 radical (unpaired) electrons. The lowest BCUT2D eigenvalue weighted by Crippen LogP contribution is -2.52. The van der Waals surface area contributed by atoms with E-state index in [0.29, 0.717) is 5.69 Å². The van der Waals surface area contributed by atoms with Crippen molar-refractivity contribution in [2.24, 2.45) is 0 Å². The molecule has 1 aromatic rings. The topological polar surface area (TPSA) is 110 Å². The van der Waals surface area contributed by atoms with Gasteiger partial charge >= 0.3 is 12.0 Å². The van der Waals surface area contributed by atoms with Crippen LogP contribution in [0.25, 0.3) is 0 Å². The standard InChI is InChI=1S/C14H20N2O5/c1-4-16(11-7-10(18)6-5-8(11)2)14(21)15-12(9(3)17)13(19)20/h5-7,9,12,17-18H,4H2,1-3H3,(H,15,21)(H,19,20). The molecule has 0 aliphatic rings. The Balaban J connectivity index is 3.01. The van der Waals surface area contributed by atoms with E-state index in [1.165, 1.54) is 24.0 Å². The number of carboxylic acid groups (broad SMARTS) is 1. The Morgan fingerprint density at radius 2 is 2.00 bits per heavy atom. The third-order valence-electron chi connectivity index (χ3n) is 3.07. The summed E-state index contributed by atoms with van der Waals surface area (Å²) in [6, 6.07) is 2.53. The van der Waals surface area contributed by atoms with Crippen molar-refractivity contribution in [2.45, 2.75) is 32.9 Å². The molecule has 7 heteroatoms. The minimum absolute atomic E-state index is 0.00663. The number of aromatic hydroxyl groups is 1. The summed E-state index contributed by atoms with van der Waals surface area (Å²) in [7, 11) is 0. The van der Waals surface area contributed by atoms with Crippen LogP contribution < -0.4 is 10.2 Å². The molecule has 0 bridgehead atoms. The molecule has 0 saturated carbocycles. The zero-order valence-corrected chi connectivity index (χ0v) is 12.2. The first-order chi connectivity index (χ1) is 9.77. The summed E-state index contributed by atoms with van der Waals surface area (Å²) in [5.74, 6) is -1.31. The molecule has 2 amide bonds. The Hall–Kier alpha value is -2.28. The van der Waals surface area contributed by atoms with Crippen LogP contribution in [-0.2, 0) is 4.79 Å². The molecule has 21 heavy (non-hydrogen) atoms. The molecule has 0 heterocycles. The highest BCUT2D eigenvalue weighted by Crippen LogP contribution is 2.25. The number of aliphatic carboxylic acids is 1. The summed E-state index contributed by atoms with van der Waals surface area (Å²) in [6.45, 7) is 5.06. The lowest BCUT2D eigenvalue weighted by atomic mass is 10.1. The largest absolute Gasteiger partial charge is 0.508 e. The number of anilines is 1. The predicted octanol–water partition coefficient (Wildman–Crippen LogP) is 1.07. The number of phenolic OH excluding ortho intramolecular Hbond substituents is 1. The molecule has 2 unspecified atom stereocenters. The fraction of sp³-hybridized carbons (Fsp3) is 0.429. The minimum atomic E-state index is -1.40. The summed E-state index contributed by atoms with van der Waals surface area (Å²) >= 11 is 0. The van der Waals surface area contributed by atoms with Crippen LogP contribution in [0.3, 0.4) is 0 Å². The van der Waals surface area contributed by atoms with E-state index < -0.39 is 24.1 Å². The molecule has 0 fully saturated rings. The predicted molar refractivity (Wildman–Crippen MR) is 77.5 cm³/mol. The molecule has 1 rings (SSSR count). The van der Waals surface area contributed by atoms with E-state index in [2.05, 4.69) is 5.32 Å². The molecule has 0 aliphatic heterocycles. The number of aliphatic hydroxyl groups excluding tert-OH is 1. The number of carbonyl (C=O) groups is 2. The van der Waals surface area contributed by atoms with Crippen LogP contribution >= 0.6 is 0 Å². The van der Waals surface area contributed by atoms with Crippen LogP contribution in [0.1, 0.15) is 19.4 Å². The highest BCUT2D eigenvalue weighted by atomic mass is 16.4. The summed E-state index contributed by atoms with van der Waals surface area (Å²) in [6.07, 6.45) is -1.23. The number of phenols is 1. The van der Waals surface area contributed by atoms with Gasteiger partial charge in [0.05, 0.1) is 11.8 Å². The number of carbonyl (C=O) groups excluding carboxylic acids is 1. The van der Waals surface area contributed by atoms with Crippen molar-refractivity contribution in [3.8, 4) is 5.75 Å². The molecule has 0 aromatic heterocycles. The molecule has 4 N–H and O–H groups in total. The Kier molecular flexibility index (Phi) is 5.54. The average molecular weight is 296 g/mol. The van der Waals surface area contributed by atoms with E-state index in [1.807, 2.05) is 0 Å². The number of rotatable bonds is 5. The number of nitrogens with one attached hydrogen (secondary N) is 1. The van der Waals surface area contributed by atoms with Crippen molar-refractivity contribution < 1.29 is 24.9 Å². The quantitative estimate of drug-likeness (QED) is 0.649. The fourth-order valence-corrected chi connectivity index (χ4v) is 1.91. The van der Waals surface area contributed by atoms with Gasteiger partial charge in [0, 0.05) is 12.6 Å². The fourth-order valence-electron chi connectivity index (χ4n) is 1.91. The molecule has 1 aromatic carbocycles. The number of hydrogen-bond donors (Lipinski definition) is 4. The highest BCUT2D eigenvalue weighted by molar-refractivity contribution is 5.95. The first kappa shape index (κ1) is 16.8. The van der Waals surface area contributed by atoms with Gasteiger partial charge in [0.2, 0.25) is 0 Å². The van der Waals surface area contributed by atoms with Gasteiger partial charge in [0.1, 0.15) is 5.75 Å². The van der Waals surface area contributed by atoms with Crippen molar-refractivity contribution >= 4 is 17.7 Å². The highest BCUT2D eigenvalue weighted by Gasteiger charge is 2.27. The summed E-state index contributed by atoms with van der Waals surface area (Å²) in [4.78, 5) is 24.5. The maximum absolute atomic E-state index is 12.2. The zero-order chi connectivity index (χ0) is 16.2. The van der Waals surface area contributed by atoms with Crippen molar-refractivity contribution in [1.82, 2.24) is 5.32 Å². The van der Waals surface area contributed by atoms with Crippen LogP contribution in [0.5, 0.6) is 5.75 Å². The number of nitrogens with zero attached hydrogens (tertiary/aromatic N) is 1. The first-order valence-electron chi connectivity index (χ1n) is 6.56. The lowest BCUT2D eigenvalue weighted by molar-refractivity contribution is -0.141. The van der Waals surface area contributed by atoms with Crippen LogP contribution in [0.15, 0.2) is 18.2 Å². The molecule has 7 nitrogen and oxygen atoms in total. The Labute approximate surface area is 122 Å². The number of hydrogen-bond acceptors (Lipinski definition) is 4. The zero-order valence-electron chi connectivity index (χ0n) is 12.2. The maximum atomic E-state index is 12.2. The average Bonchev–Trinajstić information content (AvgIpc) is 2.40. The van der Waals surface area contributed by atoms with E-state index >= 15 is 0 Å². The number of urea groups is 1. The minimum Gasteiger partial charge on any atom is -0.508 e. The van der Waals surface area contributed by atoms with Gasteiger partial charge in [-0.25, -0.2) is 9.59 Å². The van der Waals surface area contributed by atoms with Crippen LogP contribution in [0, 0.1) is 6.92 Å². The number of aliphatic hydroxyl groups is 1. The summed E-state index contributed by atoms with van der Waals surface area (Å²) < 4.78 is 0. The van der Waals surface area contributed by atoms with E-state index in [0.717, 1.165) is 5.56 Å². The first-order valence-corrected chi connectivity index (χ1v) is 6.56. The van der Waals surface area contributed by atoms with Crippen molar-refractivity contribution in [3.63, 3.8) is 0 Å². The molecular formula is C14H20N2O5. The van der Waals surface area contributed by atoms with Crippen LogP contribution in [0.4, 0.5) is 10.5 Å². The second-order valence-electron chi connectivity index (χ2n) is 4.72. The van der Waals surface area contributed by atoms with Crippen molar-refractivity contribution in [3.05, 3.63) is 23.8 Å². The second-order valence-corrected chi connectivity index (χ2v) is 4.72. The molecular weight excluding hydrogens is 276 g/mol. The maximum Gasteiger partial charge on any atom is 0.328 e. The molecule has 0 saturated heterocycles.